The van der Waals surface area contributed by atoms with Crippen molar-refractivity contribution in [3.05, 3.63) is 35.6 Å². The van der Waals surface area contributed by atoms with E-state index in [1.54, 1.807) is 12.1 Å². The summed E-state index contributed by atoms with van der Waals surface area (Å²) in [7, 11) is 0. The van der Waals surface area contributed by atoms with Crippen LogP contribution in [0.5, 0.6) is 0 Å². The van der Waals surface area contributed by atoms with Gasteiger partial charge in [0, 0.05) is 19.2 Å². The summed E-state index contributed by atoms with van der Waals surface area (Å²) in [6.45, 7) is 7.84. The molecule has 2 N–H and O–H groups in total. The molecule has 0 heterocycles. The molecule has 2 unspecified atom stereocenters. The number of rotatable bonds is 8. The summed E-state index contributed by atoms with van der Waals surface area (Å²) in [6.07, 6.45) is -0.710. The highest BCUT2D eigenvalue weighted by Crippen LogP contribution is 2.14. The Labute approximate surface area is 114 Å². The average molecular weight is 269 g/mol. The van der Waals surface area contributed by atoms with Crippen LogP contribution in [0.4, 0.5) is 4.39 Å². The van der Waals surface area contributed by atoms with Gasteiger partial charge in [-0.05, 0) is 30.5 Å². The van der Waals surface area contributed by atoms with E-state index in [1.807, 2.05) is 6.92 Å². The first kappa shape index (κ1) is 16.1. The molecule has 19 heavy (non-hydrogen) atoms. The molecule has 1 aromatic rings. The normalized spacial score (nSPS) is 14.6. The summed E-state index contributed by atoms with van der Waals surface area (Å²) >= 11 is 0. The van der Waals surface area contributed by atoms with E-state index in [0.717, 1.165) is 0 Å². The Morgan fingerprint density at radius 2 is 2.11 bits per heavy atom. The van der Waals surface area contributed by atoms with Gasteiger partial charge in [0.1, 0.15) is 5.82 Å². The Morgan fingerprint density at radius 1 is 1.37 bits per heavy atom. The van der Waals surface area contributed by atoms with Gasteiger partial charge >= 0.3 is 0 Å². The fourth-order valence-corrected chi connectivity index (χ4v) is 1.83. The summed E-state index contributed by atoms with van der Waals surface area (Å²) in [5.74, 6) is 0.0811. The van der Waals surface area contributed by atoms with Crippen molar-refractivity contribution in [1.29, 1.82) is 0 Å². The molecule has 0 aliphatic heterocycles. The minimum Gasteiger partial charge on any atom is -0.387 e. The number of nitrogens with one attached hydrogen (secondary N) is 1. The van der Waals surface area contributed by atoms with Crippen LogP contribution in [0.15, 0.2) is 24.3 Å². The van der Waals surface area contributed by atoms with Crippen molar-refractivity contribution in [3.63, 3.8) is 0 Å². The highest BCUT2D eigenvalue weighted by Gasteiger charge is 2.15. The van der Waals surface area contributed by atoms with Gasteiger partial charge in [0.2, 0.25) is 0 Å². The Kier molecular flexibility index (Phi) is 6.99. The summed E-state index contributed by atoms with van der Waals surface area (Å²) in [5, 5.41) is 13.3. The lowest BCUT2D eigenvalue weighted by Gasteiger charge is -2.24. The summed E-state index contributed by atoms with van der Waals surface area (Å²) in [4.78, 5) is 0. The third-order valence-corrected chi connectivity index (χ3v) is 3.11. The smallest absolute Gasteiger partial charge is 0.123 e. The maximum absolute atomic E-state index is 13.1. The second kappa shape index (κ2) is 8.25. The van der Waals surface area contributed by atoms with Crippen LogP contribution >= 0.6 is 0 Å². The van der Waals surface area contributed by atoms with Crippen molar-refractivity contribution >= 4 is 0 Å². The van der Waals surface area contributed by atoms with Crippen molar-refractivity contribution in [2.24, 2.45) is 5.92 Å². The van der Waals surface area contributed by atoms with Crippen molar-refractivity contribution in [3.8, 4) is 0 Å². The second-order valence-electron chi connectivity index (χ2n) is 4.99. The summed E-state index contributed by atoms with van der Waals surface area (Å²) < 4.78 is 18.5. The van der Waals surface area contributed by atoms with Crippen molar-refractivity contribution in [1.82, 2.24) is 5.32 Å². The Bertz CT molecular complexity index is 371. The van der Waals surface area contributed by atoms with E-state index < -0.39 is 6.10 Å². The second-order valence-corrected chi connectivity index (χ2v) is 4.99. The molecule has 0 saturated heterocycles. The monoisotopic (exact) mass is 269 g/mol. The molecule has 0 radical (unpaired) electrons. The van der Waals surface area contributed by atoms with E-state index in [0.29, 0.717) is 31.2 Å². The molecule has 0 bridgehead atoms. The molecular weight excluding hydrogens is 245 g/mol. The SMILES string of the molecule is CCOCC(NCC(O)c1cccc(F)c1)C(C)C. The first-order valence-electron chi connectivity index (χ1n) is 6.79. The fraction of sp³-hybridized carbons (Fsp3) is 0.600. The number of ether oxygens (including phenoxy) is 1. The third-order valence-electron chi connectivity index (χ3n) is 3.11. The lowest BCUT2D eigenvalue weighted by atomic mass is 10.0. The number of hydrogen-bond donors (Lipinski definition) is 2. The van der Waals surface area contributed by atoms with Crippen LogP contribution in [0, 0.1) is 11.7 Å². The van der Waals surface area contributed by atoms with Crippen LogP contribution in [-0.2, 0) is 4.74 Å². The van der Waals surface area contributed by atoms with Gasteiger partial charge in [-0.2, -0.15) is 0 Å². The Hall–Kier alpha value is -0.970. The molecule has 0 aliphatic rings. The lowest BCUT2D eigenvalue weighted by Crippen LogP contribution is -2.40. The van der Waals surface area contributed by atoms with Gasteiger partial charge in [-0.25, -0.2) is 4.39 Å². The highest BCUT2D eigenvalue weighted by atomic mass is 19.1. The Morgan fingerprint density at radius 3 is 2.68 bits per heavy atom. The maximum Gasteiger partial charge on any atom is 0.123 e. The largest absolute Gasteiger partial charge is 0.387 e. The van der Waals surface area contributed by atoms with Gasteiger partial charge in [-0.1, -0.05) is 26.0 Å². The lowest BCUT2D eigenvalue weighted by molar-refractivity contribution is 0.0969. The molecule has 0 fully saturated rings. The first-order chi connectivity index (χ1) is 9.04. The average Bonchev–Trinajstić information content (AvgIpc) is 2.38. The summed E-state index contributed by atoms with van der Waals surface area (Å²) in [5.41, 5.74) is 0.589. The van der Waals surface area contributed by atoms with E-state index >= 15 is 0 Å². The van der Waals surface area contributed by atoms with Crippen LogP contribution in [0.1, 0.15) is 32.4 Å². The van der Waals surface area contributed by atoms with Crippen molar-refractivity contribution in [2.75, 3.05) is 19.8 Å². The number of benzene rings is 1. The molecule has 0 amide bonds. The van der Waals surface area contributed by atoms with E-state index in [1.165, 1.54) is 12.1 Å². The topological polar surface area (TPSA) is 41.5 Å². The van der Waals surface area contributed by atoms with Gasteiger partial charge in [0.15, 0.2) is 0 Å². The van der Waals surface area contributed by atoms with Gasteiger partial charge < -0.3 is 15.2 Å². The minimum absolute atomic E-state index is 0.183. The standard InChI is InChI=1S/C15H24FNO2/c1-4-19-10-14(11(2)3)17-9-15(18)12-6-5-7-13(16)8-12/h5-8,11,14-15,17-18H,4,9-10H2,1-3H3. The molecular formula is C15H24FNO2. The van der Waals surface area contributed by atoms with Crippen LogP contribution in [0.3, 0.4) is 0 Å². The van der Waals surface area contributed by atoms with Crippen LogP contribution in [-0.4, -0.2) is 30.9 Å². The predicted octanol–water partition coefficient (Wildman–Crippen LogP) is 2.51. The molecule has 0 saturated carbocycles. The Balaban J connectivity index is 2.49. The minimum atomic E-state index is -0.710. The van der Waals surface area contributed by atoms with E-state index in [2.05, 4.69) is 19.2 Å². The zero-order valence-corrected chi connectivity index (χ0v) is 11.9. The van der Waals surface area contributed by atoms with Gasteiger partial charge in [-0.3, -0.25) is 0 Å². The molecule has 0 aromatic heterocycles. The zero-order chi connectivity index (χ0) is 14.3. The summed E-state index contributed by atoms with van der Waals surface area (Å²) in [6, 6.07) is 6.24. The maximum atomic E-state index is 13.1. The number of aliphatic hydroxyl groups excluding tert-OH is 1. The van der Waals surface area contributed by atoms with E-state index in [-0.39, 0.29) is 11.9 Å². The molecule has 0 aliphatic carbocycles. The van der Waals surface area contributed by atoms with Gasteiger partial charge in [0.25, 0.3) is 0 Å². The van der Waals surface area contributed by atoms with Crippen molar-refractivity contribution < 1.29 is 14.2 Å². The molecule has 4 heteroatoms. The number of halogens is 1. The number of aliphatic hydroxyl groups is 1. The first-order valence-corrected chi connectivity index (χ1v) is 6.79. The van der Waals surface area contributed by atoms with E-state index in [4.69, 9.17) is 4.74 Å². The molecule has 1 rings (SSSR count). The number of hydrogen-bond acceptors (Lipinski definition) is 3. The highest BCUT2D eigenvalue weighted by molar-refractivity contribution is 5.18. The predicted molar refractivity (Wildman–Crippen MR) is 74.5 cm³/mol. The molecule has 0 spiro atoms. The van der Waals surface area contributed by atoms with E-state index in [9.17, 15) is 9.50 Å². The van der Waals surface area contributed by atoms with Crippen LogP contribution in [0.25, 0.3) is 0 Å². The third kappa shape index (κ3) is 5.68. The van der Waals surface area contributed by atoms with Crippen LogP contribution < -0.4 is 5.32 Å². The van der Waals surface area contributed by atoms with Gasteiger partial charge in [0.05, 0.1) is 12.7 Å². The fourth-order valence-electron chi connectivity index (χ4n) is 1.83. The van der Waals surface area contributed by atoms with Crippen LogP contribution in [0.2, 0.25) is 0 Å². The van der Waals surface area contributed by atoms with Gasteiger partial charge in [-0.15, -0.1) is 0 Å². The molecule has 1 aromatic carbocycles. The van der Waals surface area contributed by atoms with Crippen molar-refractivity contribution in [2.45, 2.75) is 32.9 Å². The zero-order valence-electron chi connectivity index (χ0n) is 11.9. The quantitative estimate of drug-likeness (QED) is 0.762. The molecule has 2 atom stereocenters. The molecule has 3 nitrogen and oxygen atoms in total. The molecule has 108 valence electrons.